The zero-order valence-electron chi connectivity index (χ0n) is 18.2. The van der Waals surface area contributed by atoms with Crippen LogP contribution in [0, 0.1) is 0 Å². The molecule has 4 rings (SSSR count). The number of rotatable bonds is 6. The molecule has 0 spiro atoms. The van der Waals surface area contributed by atoms with E-state index in [0.29, 0.717) is 11.5 Å². The minimum absolute atomic E-state index is 0.0668. The lowest BCUT2D eigenvalue weighted by Crippen LogP contribution is -2.42. The number of nitrogens with zero attached hydrogens (tertiary/aromatic N) is 1. The second kappa shape index (κ2) is 8.99. The van der Waals surface area contributed by atoms with Gasteiger partial charge >= 0.3 is 11.9 Å². The highest BCUT2D eigenvalue weighted by atomic mass is 32.1. The summed E-state index contributed by atoms with van der Waals surface area (Å²) in [4.78, 5) is 39.6. The van der Waals surface area contributed by atoms with Gasteiger partial charge in [-0.25, -0.2) is 9.59 Å². The Morgan fingerprint density at radius 1 is 1.18 bits per heavy atom. The standard InChI is InChI=1S/C23H22N2O7S/c1-4-29-22(27)17-16(14-8-6-10-31-14)18(23(28)32-12(2)3)21-25(19(17)24)20(26)15(33-21)11-13-7-5-9-30-13/h5-12,16H,4,24H2,1-3H3/t16-/m0/s1. The van der Waals surface area contributed by atoms with E-state index in [1.807, 2.05) is 0 Å². The molecule has 1 atom stereocenters. The maximum absolute atomic E-state index is 13.3. The van der Waals surface area contributed by atoms with Crippen LogP contribution >= 0.6 is 11.3 Å². The number of furan rings is 2. The van der Waals surface area contributed by atoms with Crippen LogP contribution in [-0.4, -0.2) is 29.2 Å². The van der Waals surface area contributed by atoms with Gasteiger partial charge in [-0.1, -0.05) is 0 Å². The molecule has 3 aromatic rings. The normalized spacial score (nSPS) is 16.3. The van der Waals surface area contributed by atoms with E-state index in [1.165, 1.54) is 12.5 Å². The van der Waals surface area contributed by atoms with Crippen LogP contribution in [0.3, 0.4) is 0 Å². The zero-order valence-corrected chi connectivity index (χ0v) is 19.0. The number of aromatic nitrogens is 1. The van der Waals surface area contributed by atoms with Crippen LogP contribution in [0.2, 0.25) is 0 Å². The number of carbonyl (C=O) groups is 2. The molecule has 0 radical (unpaired) electrons. The van der Waals surface area contributed by atoms with Gasteiger partial charge in [0.05, 0.1) is 46.8 Å². The molecule has 0 unspecified atom stereocenters. The molecular weight excluding hydrogens is 448 g/mol. The molecule has 172 valence electrons. The van der Waals surface area contributed by atoms with Crippen LogP contribution in [0.1, 0.15) is 38.2 Å². The van der Waals surface area contributed by atoms with Gasteiger partial charge in [-0.15, -0.1) is 11.3 Å². The number of hydrogen-bond acceptors (Lipinski definition) is 9. The van der Waals surface area contributed by atoms with Crippen molar-refractivity contribution in [2.45, 2.75) is 32.8 Å². The topological polar surface area (TPSA) is 127 Å². The monoisotopic (exact) mass is 470 g/mol. The van der Waals surface area contributed by atoms with Crippen LogP contribution in [0.25, 0.3) is 17.5 Å². The highest BCUT2D eigenvalue weighted by Crippen LogP contribution is 2.38. The lowest BCUT2D eigenvalue weighted by molar-refractivity contribution is -0.140. The molecule has 1 aliphatic rings. The Morgan fingerprint density at radius 3 is 2.52 bits per heavy atom. The smallest absolute Gasteiger partial charge is 0.338 e. The number of fused-ring (bicyclic) bond motifs is 1. The van der Waals surface area contributed by atoms with Gasteiger partial charge in [0.25, 0.3) is 5.56 Å². The fourth-order valence-electron chi connectivity index (χ4n) is 3.57. The number of nitrogens with two attached hydrogens (primary N) is 1. The van der Waals surface area contributed by atoms with Gasteiger partial charge in [0.2, 0.25) is 0 Å². The summed E-state index contributed by atoms with van der Waals surface area (Å²) in [5.41, 5.74) is 5.87. The van der Waals surface area contributed by atoms with Crippen LogP contribution in [-0.2, 0) is 19.1 Å². The van der Waals surface area contributed by atoms with Crippen molar-refractivity contribution in [2.24, 2.45) is 5.73 Å². The van der Waals surface area contributed by atoms with Gasteiger partial charge in [-0.3, -0.25) is 9.36 Å². The molecule has 10 heteroatoms. The van der Waals surface area contributed by atoms with Gasteiger partial charge in [-0.2, -0.15) is 0 Å². The fraction of sp³-hybridized carbons (Fsp3) is 0.261. The molecule has 0 aliphatic carbocycles. The van der Waals surface area contributed by atoms with E-state index in [4.69, 9.17) is 24.0 Å². The molecule has 1 aliphatic heterocycles. The first-order chi connectivity index (χ1) is 15.8. The number of thiazole rings is 1. The summed E-state index contributed by atoms with van der Waals surface area (Å²) >= 11 is 1.04. The molecule has 0 saturated heterocycles. The molecule has 0 aromatic carbocycles. The molecule has 9 nitrogen and oxygen atoms in total. The lowest BCUT2D eigenvalue weighted by atomic mass is 9.87. The summed E-state index contributed by atoms with van der Waals surface area (Å²) < 4.78 is 23.2. The van der Waals surface area contributed by atoms with E-state index < -0.39 is 29.5 Å². The predicted octanol–water partition coefficient (Wildman–Crippen LogP) is 1.51. The summed E-state index contributed by atoms with van der Waals surface area (Å²) in [7, 11) is 0. The Labute approximate surface area is 192 Å². The average molecular weight is 471 g/mol. The largest absolute Gasteiger partial charge is 0.468 e. The third-order valence-electron chi connectivity index (χ3n) is 4.85. The van der Waals surface area contributed by atoms with Crippen LogP contribution in [0.15, 0.2) is 56.0 Å². The van der Waals surface area contributed by atoms with E-state index in [2.05, 4.69) is 0 Å². The third kappa shape index (κ3) is 4.05. The predicted molar refractivity (Wildman–Crippen MR) is 120 cm³/mol. The average Bonchev–Trinajstić information content (AvgIpc) is 3.50. The number of esters is 2. The second-order valence-corrected chi connectivity index (χ2v) is 8.44. The summed E-state index contributed by atoms with van der Waals surface area (Å²) in [6.45, 7) is 5.14. The molecular formula is C23H22N2O7S. The molecule has 3 aromatic heterocycles. The van der Waals surface area contributed by atoms with Crippen molar-refractivity contribution in [1.82, 2.24) is 4.57 Å². The summed E-state index contributed by atoms with van der Waals surface area (Å²) in [5.74, 6) is -1.85. The first-order valence-corrected chi connectivity index (χ1v) is 11.1. The summed E-state index contributed by atoms with van der Waals surface area (Å²) in [6, 6.07) is 6.63. The van der Waals surface area contributed by atoms with Gasteiger partial charge in [0.15, 0.2) is 0 Å². The minimum atomic E-state index is -1.01. The number of ether oxygens (including phenoxy) is 2. The molecule has 0 amide bonds. The van der Waals surface area contributed by atoms with Crippen molar-refractivity contribution in [3.63, 3.8) is 0 Å². The highest BCUT2D eigenvalue weighted by Gasteiger charge is 2.41. The van der Waals surface area contributed by atoms with Crippen molar-refractivity contribution in [1.29, 1.82) is 0 Å². The quantitative estimate of drug-likeness (QED) is 0.537. The van der Waals surface area contributed by atoms with Crippen LogP contribution in [0.4, 0.5) is 0 Å². The van der Waals surface area contributed by atoms with Gasteiger partial charge < -0.3 is 24.0 Å². The summed E-state index contributed by atoms with van der Waals surface area (Å²) in [6.07, 6.45) is 4.01. The van der Waals surface area contributed by atoms with Crippen molar-refractivity contribution in [3.8, 4) is 0 Å². The molecule has 2 N–H and O–H groups in total. The lowest BCUT2D eigenvalue weighted by Gasteiger charge is -2.25. The SMILES string of the molecule is CCOC(=O)C1=C(N)n2c(sc(=Cc3ccco3)c2=O)=C(C(=O)OC(C)C)[C@H]1c1ccco1. The third-order valence-corrected chi connectivity index (χ3v) is 5.96. The highest BCUT2D eigenvalue weighted by molar-refractivity contribution is 7.07. The van der Waals surface area contributed by atoms with Crippen LogP contribution < -0.4 is 20.5 Å². The Morgan fingerprint density at radius 2 is 1.91 bits per heavy atom. The van der Waals surface area contributed by atoms with E-state index in [0.717, 1.165) is 15.9 Å². The van der Waals surface area contributed by atoms with E-state index in [9.17, 15) is 14.4 Å². The Balaban J connectivity index is 2.10. The molecule has 33 heavy (non-hydrogen) atoms. The van der Waals surface area contributed by atoms with E-state index in [-0.39, 0.29) is 32.8 Å². The fourth-order valence-corrected chi connectivity index (χ4v) is 4.72. The zero-order chi connectivity index (χ0) is 23.7. The Kier molecular flexibility index (Phi) is 6.10. The van der Waals surface area contributed by atoms with Crippen LogP contribution in [0.5, 0.6) is 0 Å². The van der Waals surface area contributed by atoms with Crippen molar-refractivity contribution < 1.29 is 27.9 Å². The molecule has 0 bridgehead atoms. The Hall–Kier alpha value is -3.79. The first kappa shape index (κ1) is 22.4. The van der Waals surface area contributed by atoms with E-state index >= 15 is 0 Å². The van der Waals surface area contributed by atoms with Gasteiger partial charge in [0.1, 0.15) is 22.0 Å². The maximum Gasteiger partial charge on any atom is 0.338 e. The van der Waals surface area contributed by atoms with Crippen molar-refractivity contribution >= 4 is 40.7 Å². The molecule has 0 fully saturated rings. The van der Waals surface area contributed by atoms with Gasteiger partial charge in [0, 0.05) is 6.08 Å². The summed E-state index contributed by atoms with van der Waals surface area (Å²) in [5, 5.41) is 0. The van der Waals surface area contributed by atoms with Crippen molar-refractivity contribution in [2.75, 3.05) is 6.61 Å². The molecule has 4 heterocycles. The number of carbonyl (C=O) groups excluding carboxylic acids is 2. The number of hydrogen-bond donors (Lipinski definition) is 1. The molecule has 0 saturated carbocycles. The van der Waals surface area contributed by atoms with Crippen molar-refractivity contribution in [3.05, 3.63) is 73.4 Å². The second-order valence-electron chi connectivity index (χ2n) is 7.41. The van der Waals surface area contributed by atoms with E-state index in [1.54, 1.807) is 51.1 Å². The minimum Gasteiger partial charge on any atom is -0.468 e. The maximum atomic E-state index is 13.3. The Bertz CT molecular complexity index is 1390. The first-order valence-electron chi connectivity index (χ1n) is 10.3. The van der Waals surface area contributed by atoms with Gasteiger partial charge in [-0.05, 0) is 45.0 Å².